The maximum Gasteiger partial charge on any atom is 0.232 e. The monoisotopic (exact) mass is 268 g/mol. The molecule has 4 nitrogen and oxygen atoms in total. The minimum absolute atomic E-state index is 0.0381. The largest absolute Gasteiger partial charge is 0.389 e. The van der Waals surface area contributed by atoms with Crippen LogP contribution in [0.3, 0.4) is 0 Å². The zero-order chi connectivity index (χ0) is 13.6. The molecular weight excluding hydrogens is 248 g/mol. The Morgan fingerprint density at radius 1 is 1.44 bits per heavy atom. The van der Waals surface area contributed by atoms with Gasteiger partial charge >= 0.3 is 0 Å². The molecule has 0 spiro atoms. The third-order valence-corrected chi connectivity index (χ3v) is 3.28. The standard InChI is InChI=1S/C13H20N2O2S/c1-13(2,17)10-15(3)12(16)9-18-8-11-4-6-14-7-5-11/h4-7,17H,8-10H2,1-3H3. The zero-order valence-electron chi connectivity index (χ0n) is 11.1. The third-order valence-electron chi connectivity index (χ3n) is 2.29. The van der Waals surface area contributed by atoms with Crippen LogP contribution in [0.2, 0.25) is 0 Å². The van der Waals surface area contributed by atoms with Crippen LogP contribution < -0.4 is 0 Å². The van der Waals surface area contributed by atoms with Gasteiger partial charge in [-0.3, -0.25) is 9.78 Å². The number of carbonyl (C=O) groups is 1. The highest BCUT2D eigenvalue weighted by Crippen LogP contribution is 2.12. The molecule has 1 heterocycles. The summed E-state index contributed by atoms with van der Waals surface area (Å²) in [7, 11) is 1.72. The van der Waals surface area contributed by atoms with Crippen molar-refractivity contribution in [2.75, 3.05) is 19.3 Å². The summed E-state index contributed by atoms with van der Waals surface area (Å²) < 4.78 is 0. The second-order valence-corrected chi connectivity index (χ2v) is 5.90. The highest BCUT2D eigenvalue weighted by molar-refractivity contribution is 7.99. The van der Waals surface area contributed by atoms with Crippen molar-refractivity contribution >= 4 is 17.7 Å². The first-order valence-corrected chi connectivity index (χ1v) is 6.97. The summed E-state index contributed by atoms with van der Waals surface area (Å²) in [6, 6.07) is 3.88. The fourth-order valence-corrected chi connectivity index (χ4v) is 2.44. The lowest BCUT2D eigenvalue weighted by molar-refractivity contribution is -0.129. The Morgan fingerprint density at radius 2 is 2.06 bits per heavy atom. The van der Waals surface area contributed by atoms with E-state index in [0.717, 1.165) is 11.3 Å². The number of nitrogens with zero attached hydrogens (tertiary/aromatic N) is 2. The SMILES string of the molecule is CN(CC(C)(C)O)C(=O)CSCc1ccncc1. The Morgan fingerprint density at radius 3 is 2.61 bits per heavy atom. The highest BCUT2D eigenvalue weighted by Gasteiger charge is 2.18. The predicted molar refractivity (Wildman–Crippen MR) is 74.3 cm³/mol. The van der Waals surface area contributed by atoms with Gasteiger partial charge < -0.3 is 10.0 Å². The molecule has 1 rings (SSSR count). The molecule has 100 valence electrons. The fraction of sp³-hybridized carbons (Fsp3) is 0.538. The van der Waals surface area contributed by atoms with Crippen LogP contribution in [0.5, 0.6) is 0 Å². The number of amides is 1. The molecule has 5 heteroatoms. The van der Waals surface area contributed by atoms with Gasteiger partial charge in [-0.05, 0) is 31.5 Å². The molecule has 0 aliphatic carbocycles. The van der Waals surface area contributed by atoms with E-state index >= 15 is 0 Å². The number of rotatable bonds is 6. The number of aliphatic hydroxyl groups is 1. The van der Waals surface area contributed by atoms with Crippen LogP contribution in [0.4, 0.5) is 0 Å². The Labute approximate surface area is 112 Å². The maximum absolute atomic E-state index is 11.8. The minimum atomic E-state index is -0.847. The topological polar surface area (TPSA) is 53.4 Å². The van der Waals surface area contributed by atoms with E-state index in [9.17, 15) is 9.90 Å². The van der Waals surface area contributed by atoms with Gasteiger partial charge in [0.2, 0.25) is 5.91 Å². The van der Waals surface area contributed by atoms with Gasteiger partial charge in [-0.25, -0.2) is 0 Å². The number of hydrogen-bond donors (Lipinski definition) is 1. The lowest BCUT2D eigenvalue weighted by Gasteiger charge is -2.25. The second kappa shape index (κ2) is 6.75. The molecule has 0 saturated carbocycles. The number of hydrogen-bond acceptors (Lipinski definition) is 4. The molecule has 1 aromatic heterocycles. The average Bonchev–Trinajstić information content (AvgIpc) is 2.28. The number of carbonyl (C=O) groups excluding carboxylic acids is 1. The average molecular weight is 268 g/mol. The molecule has 18 heavy (non-hydrogen) atoms. The van der Waals surface area contributed by atoms with Crippen LogP contribution in [0.1, 0.15) is 19.4 Å². The predicted octanol–water partition coefficient (Wildman–Crippen LogP) is 1.54. The molecule has 0 unspecified atom stereocenters. The lowest BCUT2D eigenvalue weighted by atomic mass is 10.1. The van der Waals surface area contributed by atoms with Gasteiger partial charge in [0, 0.05) is 31.7 Å². The van der Waals surface area contributed by atoms with Crippen molar-refractivity contribution in [3.63, 3.8) is 0 Å². The zero-order valence-corrected chi connectivity index (χ0v) is 11.9. The summed E-state index contributed by atoms with van der Waals surface area (Å²) in [6.07, 6.45) is 3.50. The van der Waals surface area contributed by atoms with E-state index in [2.05, 4.69) is 4.98 Å². The van der Waals surface area contributed by atoms with Crippen molar-refractivity contribution in [3.8, 4) is 0 Å². The van der Waals surface area contributed by atoms with E-state index in [1.807, 2.05) is 12.1 Å². The third kappa shape index (κ3) is 6.02. The quantitative estimate of drug-likeness (QED) is 0.850. The van der Waals surface area contributed by atoms with Crippen molar-refractivity contribution in [3.05, 3.63) is 30.1 Å². The van der Waals surface area contributed by atoms with Gasteiger partial charge in [-0.1, -0.05) is 0 Å². The van der Waals surface area contributed by atoms with Crippen molar-refractivity contribution in [1.82, 2.24) is 9.88 Å². The first-order chi connectivity index (χ1) is 8.38. The molecule has 1 N–H and O–H groups in total. The minimum Gasteiger partial charge on any atom is -0.389 e. The molecule has 0 aliphatic rings. The van der Waals surface area contributed by atoms with Crippen molar-refractivity contribution in [2.24, 2.45) is 0 Å². The number of thioether (sulfide) groups is 1. The van der Waals surface area contributed by atoms with Crippen LogP contribution in [-0.4, -0.2) is 45.8 Å². The molecule has 0 atom stereocenters. The summed E-state index contributed by atoms with van der Waals surface area (Å²) in [5, 5.41) is 9.63. The number of aromatic nitrogens is 1. The highest BCUT2D eigenvalue weighted by atomic mass is 32.2. The lowest BCUT2D eigenvalue weighted by Crippen LogP contribution is -2.40. The molecule has 0 saturated heterocycles. The normalized spacial score (nSPS) is 11.3. The first-order valence-electron chi connectivity index (χ1n) is 5.81. The van der Waals surface area contributed by atoms with Gasteiger partial charge in [0.25, 0.3) is 0 Å². The fourth-order valence-electron chi connectivity index (χ4n) is 1.51. The summed E-state index contributed by atoms with van der Waals surface area (Å²) in [6.45, 7) is 3.74. The van der Waals surface area contributed by atoms with E-state index in [4.69, 9.17) is 0 Å². The van der Waals surface area contributed by atoms with Crippen molar-refractivity contribution in [2.45, 2.75) is 25.2 Å². The van der Waals surface area contributed by atoms with E-state index < -0.39 is 5.60 Å². The van der Waals surface area contributed by atoms with Crippen LogP contribution >= 0.6 is 11.8 Å². The summed E-state index contributed by atoms with van der Waals surface area (Å²) in [4.78, 5) is 17.3. The van der Waals surface area contributed by atoms with Crippen LogP contribution in [0.15, 0.2) is 24.5 Å². The summed E-state index contributed by atoms with van der Waals surface area (Å²) >= 11 is 1.57. The van der Waals surface area contributed by atoms with E-state index in [0.29, 0.717) is 12.3 Å². The molecule has 0 fully saturated rings. The van der Waals surface area contributed by atoms with Crippen molar-refractivity contribution in [1.29, 1.82) is 0 Å². The number of likely N-dealkylation sites (N-methyl/N-ethyl adjacent to an activating group) is 1. The van der Waals surface area contributed by atoms with E-state index in [1.54, 1.807) is 50.0 Å². The molecular formula is C13H20N2O2S. The number of pyridine rings is 1. The molecule has 0 aliphatic heterocycles. The first kappa shape index (κ1) is 15.0. The van der Waals surface area contributed by atoms with Gasteiger partial charge in [0.15, 0.2) is 0 Å². The second-order valence-electron chi connectivity index (χ2n) is 4.91. The van der Waals surface area contributed by atoms with Gasteiger partial charge in [0.1, 0.15) is 0 Å². The van der Waals surface area contributed by atoms with E-state index in [1.165, 1.54) is 0 Å². The maximum atomic E-state index is 11.8. The Hall–Kier alpha value is -1.07. The summed E-state index contributed by atoms with van der Waals surface area (Å²) in [5.74, 6) is 1.26. The van der Waals surface area contributed by atoms with Crippen LogP contribution in [0, 0.1) is 0 Å². The van der Waals surface area contributed by atoms with Gasteiger partial charge in [0.05, 0.1) is 11.4 Å². The van der Waals surface area contributed by atoms with Crippen LogP contribution in [-0.2, 0) is 10.5 Å². The smallest absolute Gasteiger partial charge is 0.232 e. The molecule has 0 radical (unpaired) electrons. The van der Waals surface area contributed by atoms with Gasteiger partial charge in [-0.2, -0.15) is 0 Å². The molecule has 0 aromatic carbocycles. The van der Waals surface area contributed by atoms with Crippen LogP contribution in [0.25, 0.3) is 0 Å². The molecule has 0 bridgehead atoms. The van der Waals surface area contributed by atoms with E-state index in [-0.39, 0.29) is 5.91 Å². The van der Waals surface area contributed by atoms with Crippen molar-refractivity contribution < 1.29 is 9.90 Å². The molecule has 1 aromatic rings. The molecule has 1 amide bonds. The van der Waals surface area contributed by atoms with Gasteiger partial charge in [-0.15, -0.1) is 11.8 Å². The Kier molecular flexibility index (Phi) is 5.62. The summed E-state index contributed by atoms with van der Waals surface area (Å²) in [5.41, 5.74) is 0.313. The Bertz CT molecular complexity index is 376. The Balaban J connectivity index is 2.29.